The number of unbranched alkanes of at least 4 members (excludes halogenated alkanes) is 1. The van der Waals surface area contributed by atoms with Crippen LogP contribution in [0.25, 0.3) is 16.7 Å². The molecule has 0 aliphatic heterocycles. The molecule has 0 bridgehead atoms. The molecule has 0 aliphatic carbocycles. The molecule has 0 saturated heterocycles. The van der Waals surface area contributed by atoms with Crippen molar-refractivity contribution in [3.63, 3.8) is 0 Å². The Morgan fingerprint density at radius 2 is 1.54 bits per heavy atom. The third kappa shape index (κ3) is 6.51. The molecule has 0 fully saturated rings. The summed E-state index contributed by atoms with van der Waals surface area (Å²) in [6.45, 7) is 0. The van der Waals surface area contributed by atoms with Gasteiger partial charge in [-0.15, -0.1) is 0 Å². The van der Waals surface area contributed by atoms with Crippen molar-refractivity contribution in [3.05, 3.63) is 126 Å². The van der Waals surface area contributed by atoms with Gasteiger partial charge in [0.05, 0.1) is 0 Å². The quantitative estimate of drug-likeness (QED) is 0.272. The Morgan fingerprint density at radius 1 is 0.800 bits per heavy atom. The number of aliphatic carboxylic acids is 1. The highest BCUT2D eigenvalue weighted by atomic mass is 16.4. The number of carboxylic acids is 1. The van der Waals surface area contributed by atoms with Gasteiger partial charge in [0.15, 0.2) is 0 Å². The second kappa shape index (κ2) is 11.6. The average Bonchev–Trinajstić information content (AvgIpc) is 2.90. The first kappa shape index (κ1) is 23.6. The minimum atomic E-state index is -0.803. The summed E-state index contributed by atoms with van der Waals surface area (Å²) in [7, 11) is 0. The fourth-order valence-corrected chi connectivity index (χ4v) is 3.84. The van der Waals surface area contributed by atoms with Crippen LogP contribution in [-0.4, -0.2) is 22.0 Å². The van der Waals surface area contributed by atoms with E-state index in [1.807, 2.05) is 97.1 Å². The van der Waals surface area contributed by atoms with E-state index in [0.29, 0.717) is 24.1 Å². The number of hydrogen-bond donors (Lipinski definition) is 2. The van der Waals surface area contributed by atoms with Gasteiger partial charge in [-0.2, -0.15) is 0 Å². The Hall–Kier alpha value is -4.51. The van der Waals surface area contributed by atoms with Crippen LogP contribution in [0.2, 0.25) is 0 Å². The van der Waals surface area contributed by atoms with Gasteiger partial charge in [0, 0.05) is 35.6 Å². The smallest absolute Gasteiger partial charge is 0.303 e. The zero-order chi connectivity index (χ0) is 24.5. The third-order valence-electron chi connectivity index (χ3n) is 5.60. The number of hydrogen-bond acceptors (Lipinski definition) is 3. The summed E-state index contributed by atoms with van der Waals surface area (Å²) >= 11 is 0. The summed E-state index contributed by atoms with van der Waals surface area (Å²) in [5.41, 5.74) is 6.22. The van der Waals surface area contributed by atoms with E-state index in [4.69, 9.17) is 5.11 Å². The lowest BCUT2D eigenvalue weighted by atomic mass is 9.97. The van der Waals surface area contributed by atoms with Gasteiger partial charge >= 0.3 is 5.97 Å². The van der Waals surface area contributed by atoms with Crippen molar-refractivity contribution < 1.29 is 14.7 Å². The lowest BCUT2D eigenvalue weighted by Gasteiger charge is -2.12. The van der Waals surface area contributed by atoms with Crippen molar-refractivity contribution in [2.24, 2.45) is 0 Å². The third-order valence-corrected chi connectivity index (χ3v) is 5.60. The van der Waals surface area contributed by atoms with Crippen molar-refractivity contribution in [1.82, 2.24) is 4.98 Å². The van der Waals surface area contributed by atoms with E-state index in [9.17, 15) is 9.59 Å². The van der Waals surface area contributed by atoms with Gasteiger partial charge in [-0.1, -0.05) is 66.7 Å². The van der Waals surface area contributed by atoms with Gasteiger partial charge in [-0.3, -0.25) is 14.6 Å². The average molecular weight is 463 g/mol. The van der Waals surface area contributed by atoms with Gasteiger partial charge < -0.3 is 10.4 Å². The minimum absolute atomic E-state index is 0.121. The predicted molar refractivity (Wildman–Crippen MR) is 139 cm³/mol. The highest BCUT2D eigenvalue weighted by Crippen LogP contribution is 2.27. The van der Waals surface area contributed by atoms with Crippen LogP contribution in [0.1, 0.15) is 40.7 Å². The maximum atomic E-state index is 12.9. The van der Waals surface area contributed by atoms with Crippen molar-refractivity contribution in [1.29, 1.82) is 0 Å². The molecule has 0 unspecified atom stereocenters. The first-order chi connectivity index (χ1) is 17.1. The number of benzene rings is 3. The zero-order valence-corrected chi connectivity index (χ0v) is 19.2. The number of nitrogens with one attached hydrogen (secondary N) is 1. The second-order valence-electron chi connectivity index (χ2n) is 8.12. The number of anilines is 1. The molecule has 2 N–H and O–H groups in total. The molecular weight excluding hydrogens is 436 g/mol. The van der Waals surface area contributed by atoms with Crippen molar-refractivity contribution >= 4 is 23.1 Å². The monoisotopic (exact) mass is 462 g/mol. The normalized spacial score (nSPS) is 11.1. The number of amides is 1. The maximum Gasteiger partial charge on any atom is 0.303 e. The Labute approximate surface area is 204 Å². The SMILES string of the molecule is O=C(O)CCC/C=C(\c1cccnc1)c1cccc(NC(=O)c2ccc(-c3ccccc3)cc2)c1. The zero-order valence-electron chi connectivity index (χ0n) is 19.2. The summed E-state index contributed by atoms with van der Waals surface area (Å²) in [5, 5.41) is 11.9. The molecule has 174 valence electrons. The van der Waals surface area contributed by atoms with E-state index in [0.717, 1.165) is 27.8 Å². The predicted octanol–water partition coefficient (Wildman–Crippen LogP) is 6.69. The van der Waals surface area contributed by atoms with E-state index in [1.54, 1.807) is 12.4 Å². The van der Waals surface area contributed by atoms with Crippen LogP contribution in [0.3, 0.4) is 0 Å². The molecular formula is C30H26N2O3. The Balaban J connectivity index is 1.52. The molecule has 4 aromatic rings. The lowest BCUT2D eigenvalue weighted by molar-refractivity contribution is -0.137. The van der Waals surface area contributed by atoms with Crippen molar-refractivity contribution in [3.8, 4) is 11.1 Å². The molecule has 5 heteroatoms. The topological polar surface area (TPSA) is 79.3 Å². The first-order valence-corrected chi connectivity index (χ1v) is 11.5. The maximum absolute atomic E-state index is 12.9. The molecule has 35 heavy (non-hydrogen) atoms. The van der Waals surface area contributed by atoms with Crippen LogP contribution in [0, 0.1) is 0 Å². The molecule has 0 spiro atoms. The minimum Gasteiger partial charge on any atom is -0.481 e. The van der Waals surface area contributed by atoms with E-state index < -0.39 is 5.97 Å². The largest absolute Gasteiger partial charge is 0.481 e. The molecule has 3 aromatic carbocycles. The number of carboxylic acid groups (broad SMARTS) is 1. The van der Waals surface area contributed by atoms with E-state index in [1.165, 1.54) is 0 Å². The van der Waals surface area contributed by atoms with Crippen LogP contribution in [0.5, 0.6) is 0 Å². The molecule has 0 saturated carbocycles. The Bertz CT molecular complexity index is 1310. The molecule has 1 heterocycles. The van der Waals surface area contributed by atoms with Gasteiger partial charge in [-0.05, 0) is 65.4 Å². The number of rotatable bonds is 9. The molecule has 1 amide bonds. The summed E-state index contributed by atoms with van der Waals surface area (Å²) in [6, 6.07) is 29.0. The standard InChI is InChI=1S/C30H26N2O3/c33-29(34)14-5-4-13-28(26-11-7-19-31-21-26)25-10-6-12-27(20-25)32-30(35)24-17-15-23(16-18-24)22-8-2-1-3-9-22/h1-3,6-13,15-21H,4-5,14H2,(H,32,35)(H,33,34)/b28-13-. The number of aromatic nitrogens is 1. The number of nitrogens with zero attached hydrogens (tertiary/aromatic N) is 1. The molecule has 4 rings (SSSR count). The summed E-state index contributed by atoms with van der Waals surface area (Å²) in [6.07, 6.45) is 6.82. The molecule has 1 aromatic heterocycles. The molecule has 0 aliphatic rings. The van der Waals surface area contributed by atoms with Crippen LogP contribution in [-0.2, 0) is 4.79 Å². The number of carbonyl (C=O) groups is 2. The van der Waals surface area contributed by atoms with Crippen molar-refractivity contribution in [2.45, 2.75) is 19.3 Å². The fraction of sp³-hybridized carbons (Fsp3) is 0.100. The van der Waals surface area contributed by atoms with Crippen LogP contribution >= 0.6 is 0 Å². The van der Waals surface area contributed by atoms with Gasteiger partial charge in [0.2, 0.25) is 0 Å². The van der Waals surface area contributed by atoms with Crippen LogP contribution in [0.15, 0.2) is 109 Å². The lowest BCUT2D eigenvalue weighted by Crippen LogP contribution is -2.11. The fourth-order valence-electron chi connectivity index (χ4n) is 3.84. The number of carbonyl (C=O) groups excluding carboxylic acids is 1. The summed E-state index contributed by atoms with van der Waals surface area (Å²) in [4.78, 5) is 28.0. The van der Waals surface area contributed by atoms with E-state index >= 15 is 0 Å². The van der Waals surface area contributed by atoms with Crippen molar-refractivity contribution in [2.75, 3.05) is 5.32 Å². The summed E-state index contributed by atoms with van der Waals surface area (Å²) < 4.78 is 0. The number of pyridine rings is 1. The van der Waals surface area contributed by atoms with Gasteiger partial charge in [-0.25, -0.2) is 0 Å². The molecule has 0 radical (unpaired) electrons. The molecule has 5 nitrogen and oxygen atoms in total. The first-order valence-electron chi connectivity index (χ1n) is 11.5. The van der Waals surface area contributed by atoms with Gasteiger partial charge in [0.25, 0.3) is 5.91 Å². The van der Waals surface area contributed by atoms with Gasteiger partial charge in [0.1, 0.15) is 0 Å². The second-order valence-corrected chi connectivity index (χ2v) is 8.12. The Kier molecular flexibility index (Phi) is 7.81. The molecule has 0 atom stereocenters. The number of allylic oxidation sites excluding steroid dienone is 1. The Morgan fingerprint density at radius 3 is 2.26 bits per heavy atom. The highest BCUT2D eigenvalue weighted by Gasteiger charge is 2.10. The van der Waals surface area contributed by atoms with Crippen LogP contribution < -0.4 is 5.32 Å². The highest BCUT2D eigenvalue weighted by molar-refractivity contribution is 6.04. The van der Waals surface area contributed by atoms with E-state index in [-0.39, 0.29) is 12.3 Å². The van der Waals surface area contributed by atoms with E-state index in [2.05, 4.69) is 10.3 Å². The van der Waals surface area contributed by atoms with Crippen LogP contribution in [0.4, 0.5) is 5.69 Å². The summed E-state index contributed by atoms with van der Waals surface area (Å²) in [5.74, 6) is -0.988.